The van der Waals surface area contributed by atoms with E-state index in [1.54, 1.807) is 0 Å². The van der Waals surface area contributed by atoms with Gasteiger partial charge in [-0.25, -0.2) is 9.59 Å². The van der Waals surface area contributed by atoms with Crippen molar-refractivity contribution >= 4 is 17.8 Å². The molecule has 0 aromatic carbocycles. The number of esters is 2. The van der Waals surface area contributed by atoms with Gasteiger partial charge in [-0.2, -0.15) is 0 Å². The molecule has 0 bridgehead atoms. The normalized spacial score (nSPS) is 11.5. The molecule has 19 heavy (non-hydrogen) atoms. The second-order valence-electron chi connectivity index (χ2n) is 4.21. The Labute approximate surface area is 113 Å². The largest absolute Gasteiger partial charge is 0.464 e. The number of carbonyl (C=O) groups is 3. The molecule has 110 valence electrons. The van der Waals surface area contributed by atoms with Crippen LogP contribution in [0.3, 0.4) is 0 Å². The fraction of sp³-hybridized carbons (Fsp3) is 0.769. The maximum Gasteiger partial charge on any atom is 0.396 e. The van der Waals surface area contributed by atoms with E-state index in [2.05, 4.69) is 5.32 Å². The van der Waals surface area contributed by atoms with Crippen molar-refractivity contribution in [2.75, 3.05) is 13.2 Å². The number of hydrogen-bond donors (Lipinski definition) is 1. The highest BCUT2D eigenvalue weighted by atomic mass is 16.5. The highest BCUT2D eigenvalue weighted by Crippen LogP contribution is 1.94. The lowest BCUT2D eigenvalue weighted by atomic mass is 10.3. The van der Waals surface area contributed by atoms with E-state index in [-0.39, 0.29) is 6.61 Å². The Balaban J connectivity index is 3.96. The molecule has 0 aliphatic rings. The van der Waals surface area contributed by atoms with Gasteiger partial charge in [0.05, 0.1) is 13.2 Å². The summed E-state index contributed by atoms with van der Waals surface area (Å²) in [7, 11) is 0. The zero-order chi connectivity index (χ0) is 14.7. The molecule has 1 N–H and O–H groups in total. The first-order valence-electron chi connectivity index (χ1n) is 6.67. The van der Waals surface area contributed by atoms with Crippen LogP contribution in [0.1, 0.15) is 46.5 Å². The maximum atomic E-state index is 11.4. The van der Waals surface area contributed by atoms with Crippen LogP contribution in [0.5, 0.6) is 0 Å². The molecular weight excluding hydrogens is 250 g/mol. The average molecular weight is 273 g/mol. The van der Waals surface area contributed by atoms with Gasteiger partial charge in [0.1, 0.15) is 6.04 Å². The molecule has 0 heterocycles. The zero-order valence-electron chi connectivity index (χ0n) is 11.9. The number of carbonyl (C=O) groups excluding carboxylic acids is 3. The number of hydrogen-bond acceptors (Lipinski definition) is 5. The van der Waals surface area contributed by atoms with Gasteiger partial charge in [-0.1, -0.05) is 26.7 Å². The molecule has 0 aliphatic heterocycles. The Morgan fingerprint density at radius 1 is 1.00 bits per heavy atom. The quantitative estimate of drug-likeness (QED) is 0.408. The first-order valence-corrected chi connectivity index (χ1v) is 6.67. The number of amides is 1. The SMILES string of the molecule is CCCCOC(=O)C(=O)NC(C)C(=O)OCCCC. The topological polar surface area (TPSA) is 81.7 Å². The van der Waals surface area contributed by atoms with Crippen LogP contribution in [-0.4, -0.2) is 37.1 Å². The molecule has 0 saturated carbocycles. The van der Waals surface area contributed by atoms with E-state index >= 15 is 0 Å². The maximum absolute atomic E-state index is 11.4. The van der Waals surface area contributed by atoms with E-state index in [1.165, 1.54) is 6.92 Å². The van der Waals surface area contributed by atoms with Gasteiger partial charge in [0.25, 0.3) is 0 Å². The number of rotatable bonds is 8. The summed E-state index contributed by atoms with van der Waals surface area (Å²) >= 11 is 0. The van der Waals surface area contributed by atoms with E-state index in [1.807, 2.05) is 13.8 Å². The first kappa shape index (κ1) is 17.4. The first-order chi connectivity index (χ1) is 9.02. The van der Waals surface area contributed by atoms with Crippen molar-refractivity contribution in [2.24, 2.45) is 0 Å². The lowest BCUT2D eigenvalue weighted by Crippen LogP contribution is -2.43. The molecule has 6 heteroatoms. The monoisotopic (exact) mass is 273 g/mol. The van der Waals surface area contributed by atoms with Crippen molar-refractivity contribution < 1.29 is 23.9 Å². The Bertz CT molecular complexity index is 303. The molecule has 0 aliphatic carbocycles. The molecule has 0 spiro atoms. The van der Waals surface area contributed by atoms with Crippen molar-refractivity contribution in [1.29, 1.82) is 0 Å². The van der Waals surface area contributed by atoms with Gasteiger partial charge in [-0.15, -0.1) is 0 Å². The molecule has 0 radical (unpaired) electrons. The summed E-state index contributed by atoms with van der Waals surface area (Å²) < 4.78 is 9.64. The van der Waals surface area contributed by atoms with Gasteiger partial charge in [-0.3, -0.25) is 4.79 Å². The van der Waals surface area contributed by atoms with Gasteiger partial charge in [-0.05, 0) is 19.8 Å². The van der Waals surface area contributed by atoms with E-state index in [4.69, 9.17) is 9.47 Å². The number of ether oxygens (including phenoxy) is 2. The van der Waals surface area contributed by atoms with Crippen LogP contribution in [0.2, 0.25) is 0 Å². The smallest absolute Gasteiger partial charge is 0.396 e. The average Bonchev–Trinajstić information content (AvgIpc) is 2.38. The minimum Gasteiger partial charge on any atom is -0.464 e. The van der Waals surface area contributed by atoms with E-state index in [0.29, 0.717) is 13.0 Å². The van der Waals surface area contributed by atoms with Gasteiger partial charge < -0.3 is 14.8 Å². The van der Waals surface area contributed by atoms with Gasteiger partial charge in [0.15, 0.2) is 0 Å². The summed E-state index contributed by atoms with van der Waals surface area (Å²) in [6.45, 7) is 5.91. The van der Waals surface area contributed by atoms with Crippen LogP contribution < -0.4 is 5.32 Å². The molecule has 0 aromatic rings. The van der Waals surface area contributed by atoms with Gasteiger partial charge in [0, 0.05) is 0 Å². The number of nitrogens with one attached hydrogen (secondary N) is 1. The molecule has 0 aromatic heterocycles. The Morgan fingerprint density at radius 2 is 1.53 bits per heavy atom. The number of unbranched alkanes of at least 4 members (excludes halogenated alkanes) is 2. The van der Waals surface area contributed by atoms with Crippen LogP contribution >= 0.6 is 0 Å². The third kappa shape index (κ3) is 8.18. The van der Waals surface area contributed by atoms with Crippen LogP contribution in [-0.2, 0) is 23.9 Å². The van der Waals surface area contributed by atoms with Crippen LogP contribution in [0.25, 0.3) is 0 Å². The van der Waals surface area contributed by atoms with Crippen LogP contribution in [0, 0.1) is 0 Å². The lowest BCUT2D eigenvalue weighted by Gasteiger charge is -2.12. The van der Waals surface area contributed by atoms with Gasteiger partial charge >= 0.3 is 17.8 Å². The Kier molecular flexibility index (Phi) is 9.48. The summed E-state index contributed by atoms with van der Waals surface area (Å²) in [6, 6.07) is -0.858. The summed E-state index contributed by atoms with van der Waals surface area (Å²) in [6.07, 6.45) is 3.26. The fourth-order valence-corrected chi connectivity index (χ4v) is 1.13. The molecule has 1 unspecified atom stereocenters. The second kappa shape index (κ2) is 10.3. The fourth-order valence-electron chi connectivity index (χ4n) is 1.13. The second-order valence-corrected chi connectivity index (χ2v) is 4.21. The highest BCUT2D eigenvalue weighted by Gasteiger charge is 2.22. The predicted octanol–water partition coefficient (Wildman–Crippen LogP) is 1.18. The van der Waals surface area contributed by atoms with E-state index in [0.717, 1.165) is 19.3 Å². The minimum atomic E-state index is -0.971. The van der Waals surface area contributed by atoms with Crippen molar-refractivity contribution in [1.82, 2.24) is 5.32 Å². The molecule has 0 fully saturated rings. The molecule has 0 saturated heterocycles. The van der Waals surface area contributed by atoms with Crippen molar-refractivity contribution in [3.05, 3.63) is 0 Å². The van der Waals surface area contributed by atoms with Crippen molar-refractivity contribution in [2.45, 2.75) is 52.5 Å². The summed E-state index contributed by atoms with van der Waals surface area (Å²) in [4.78, 5) is 34.1. The third-order valence-corrected chi connectivity index (χ3v) is 2.36. The minimum absolute atomic E-state index is 0.206. The van der Waals surface area contributed by atoms with Crippen molar-refractivity contribution in [3.8, 4) is 0 Å². The summed E-state index contributed by atoms with van der Waals surface area (Å²) in [5.41, 5.74) is 0. The molecule has 0 rings (SSSR count). The van der Waals surface area contributed by atoms with E-state index in [9.17, 15) is 14.4 Å². The standard InChI is InChI=1S/C13H23NO5/c1-4-6-8-18-12(16)10(3)14-11(15)13(17)19-9-7-5-2/h10H,4-9H2,1-3H3,(H,14,15). The highest BCUT2D eigenvalue weighted by molar-refractivity contribution is 6.32. The lowest BCUT2D eigenvalue weighted by molar-refractivity contribution is -0.156. The molecule has 6 nitrogen and oxygen atoms in total. The Hall–Kier alpha value is -1.59. The van der Waals surface area contributed by atoms with Crippen LogP contribution in [0.4, 0.5) is 0 Å². The van der Waals surface area contributed by atoms with Crippen LogP contribution in [0.15, 0.2) is 0 Å². The molecule has 1 amide bonds. The summed E-state index contributed by atoms with van der Waals surface area (Å²) in [5.74, 6) is -2.44. The van der Waals surface area contributed by atoms with E-state index < -0.39 is 23.9 Å². The van der Waals surface area contributed by atoms with Gasteiger partial charge in [0.2, 0.25) is 0 Å². The Morgan fingerprint density at radius 3 is 2.05 bits per heavy atom. The summed E-state index contributed by atoms with van der Waals surface area (Å²) in [5, 5.41) is 2.25. The zero-order valence-corrected chi connectivity index (χ0v) is 11.9. The third-order valence-electron chi connectivity index (χ3n) is 2.36. The molecular formula is C13H23NO5. The van der Waals surface area contributed by atoms with Crippen molar-refractivity contribution in [3.63, 3.8) is 0 Å². The predicted molar refractivity (Wildman–Crippen MR) is 69.3 cm³/mol. The molecule has 1 atom stereocenters.